The van der Waals surface area contributed by atoms with Gasteiger partial charge in [-0.1, -0.05) is 0 Å². The number of anilines is 2. The van der Waals surface area contributed by atoms with Crippen molar-refractivity contribution in [1.82, 2.24) is 9.97 Å². The van der Waals surface area contributed by atoms with E-state index >= 15 is 0 Å². The average molecular weight is 371 g/mol. The number of hydrogen-bond donors (Lipinski definition) is 2. The van der Waals surface area contributed by atoms with Crippen LogP contribution in [0.3, 0.4) is 0 Å². The molecule has 0 saturated heterocycles. The zero-order chi connectivity index (χ0) is 15.1. The number of thiophene rings is 1. The van der Waals surface area contributed by atoms with Crippen molar-refractivity contribution >= 4 is 38.9 Å². The number of aromatic nitrogens is 2. The third-order valence-electron chi connectivity index (χ3n) is 2.64. The highest BCUT2D eigenvalue weighted by Crippen LogP contribution is 2.23. The molecule has 0 bridgehead atoms. The van der Waals surface area contributed by atoms with Crippen LogP contribution in [-0.4, -0.2) is 23.1 Å². The summed E-state index contributed by atoms with van der Waals surface area (Å²) in [7, 11) is 0. The molecule has 0 atom stereocenters. The predicted octanol–water partition coefficient (Wildman–Crippen LogP) is 3.88. The zero-order valence-corrected chi connectivity index (χ0v) is 14.6. The third kappa shape index (κ3) is 5.26. The van der Waals surface area contributed by atoms with E-state index in [1.165, 1.54) is 4.88 Å². The molecule has 2 heterocycles. The van der Waals surface area contributed by atoms with E-state index in [-0.39, 0.29) is 0 Å². The number of nitrogens with zero attached hydrogens (tertiary/aromatic N) is 2. The lowest BCUT2D eigenvalue weighted by molar-refractivity contribution is 0.128. The molecule has 0 aliphatic heterocycles. The fourth-order valence-electron chi connectivity index (χ4n) is 1.74. The van der Waals surface area contributed by atoms with Crippen LogP contribution in [0.5, 0.6) is 0 Å². The summed E-state index contributed by atoms with van der Waals surface area (Å²) in [6.07, 6.45) is 0. The Kier molecular flexibility index (Phi) is 6.41. The van der Waals surface area contributed by atoms with Crippen molar-refractivity contribution in [2.24, 2.45) is 0 Å². The maximum Gasteiger partial charge on any atom is 0.158 e. The molecule has 0 saturated carbocycles. The molecule has 0 fully saturated rings. The van der Waals surface area contributed by atoms with Gasteiger partial charge in [-0.25, -0.2) is 9.97 Å². The summed E-state index contributed by atoms with van der Waals surface area (Å²) in [4.78, 5) is 10.2. The number of ether oxygens (including phenoxy) is 1. The predicted molar refractivity (Wildman–Crippen MR) is 90.9 cm³/mol. The van der Waals surface area contributed by atoms with Crippen LogP contribution in [0.25, 0.3) is 0 Å². The van der Waals surface area contributed by atoms with E-state index in [4.69, 9.17) is 4.74 Å². The van der Waals surface area contributed by atoms with Crippen LogP contribution in [0.1, 0.15) is 24.5 Å². The van der Waals surface area contributed by atoms with Gasteiger partial charge < -0.3 is 15.4 Å². The summed E-state index contributed by atoms with van der Waals surface area (Å²) in [6.45, 7) is 6.65. The van der Waals surface area contributed by atoms with Crippen molar-refractivity contribution in [2.45, 2.75) is 27.0 Å². The molecule has 0 radical (unpaired) electrons. The first-order chi connectivity index (χ1) is 10.2. The van der Waals surface area contributed by atoms with E-state index in [2.05, 4.69) is 42.6 Å². The smallest absolute Gasteiger partial charge is 0.158 e. The van der Waals surface area contributed by atoms with E-state index in [1.54, 1.807) is 11.3 Å². The van der Waals surface area contributed by atoms with Crippen LogP contribution in [0, 0.1) is 0 Å². The first-order valence-electron chi connectivity index (χ1n) is 6.89. The molecule has 114 valence electrons. The quantitative estimate of drug-likeness (QED) is 0.738. The molecule has 0 spiro atoms. The molecule has 2 rings (SSSR count). The number of halogens is 1. The Hall–Kier alpha value is -1.18. The van der Waals surface area contributed by atoms with Gasteiger partial charge in [-0.3, -0.25) is 0 Å². The molecular formula is C14H19BrN4OS. The molecule has 7 heteroatoms. The minimum absolute atomic E-state index is 0.426. The van der Waals surface area contributed by atoms with Gasteiger partial charge in [0.2, 0.25) is 0 Å². The van der Waals surface area contributed by atoms with E-state index < -0.39 is 0 Å². The monoisotopic (exact) mass is 370 g/mol. The lowest BCUT2D eigenvalue weighted by Gasteiger charge is -2.10. The maximum absolute atomic E-state index is 5.39. The van der Waals surface area contributed by atoms with E-state index in [0.29, 0.717) is 19.0 Å². The van der Waals surface area contributed by atoms with Gasteiger partial charge in [0.15, 0.2) is 5.82 Å². The Labute approximate surface area is 137 Å². The van der Waals surface area contributed by atoms with Crippen LogP contribution < -0.4 is 10.6 Å². The largest absolute Gasteiger partial charge is 0.374 e. The summed E-state index contributed by atoms with van der Waals surface area (Å²) in [6, 6.07) is 6.06. The van der Waals surface area contributed by atoms with E-state index in [9.17, 15) is 0 Å². The highest BCUT2D eigenvalue weighted by molar-refractivity contribution is 9.11. The molecule has 21 heavy (non-hydrogen) atoms. The summed E-state index contributed by atoms with van der Waals surface area (Å²) >= 11 is 5.18. The maximum atomic E-state index is 5.39. The fraction of sp³-hybridized carbons (Fsp3) is 0.429. The second kappa shape index (κ2) is 8.31. The van der Waals surface area contributed by atoms with Crippen LogP contribution in [-0.2, 0) is 17.9 Å². The molecule has 0 aromatic carbocycles. The summed E-state index contributed by atoms with van der Waals surface area (Å²) in [5, 5.41) is 6.55. The third-order valence-corrected chi connectivity index (χ3v) is 4.26. The molecule has 0 amide bonds. The van der Waals surface area contributed by atoms with Crippen molar-refractivity contribution in [3.63, 3.8) is 0 Å². The van der Waals surface area contributed by atoms with Gasteiger partial charge in [0.25, 0.3) is 0 Å². The SMILES string of the molecule is CCNc1cc(NCc2ccc(Br)s2)nc(COCC)n1. The summed E-state index contributed by atoms with van der Waals surface area (Å²) < 4.78 is 6.52. The second-order valence-corrected chi connectivity index (χ2v) is 6.83. The van der Waals surface area contributed by atoms with Crippen molar-refractivity contribution in [3.8, 4) is 0 Å². The average Bonchev–Trinajstić information content (AvgIpc) is 2.89. The molecular weight excluding hydrogens is 352 g/mol. The van der Waals surface area contributed by atoms with Crippen LogP contribution in [0.4, 0.5) is 11.6 Å². The van der Waals surface area contributed by atoms with Gasteiger partial charge in [-0.15, -0.1) is 11.3 Å². The lowest BCUT2D eigenvalue weighted by atomic mass is 10.4. The molecule has 2 aromatic rings. The molecule has 5 nitrogen and oxygen atoms in total. The van der Waals surface area contributed by atoms with Crippen molar-refractivity contribution in [3.05, 3.63) is 32.7 Å². The highest BCUT2D eigenvalue weighted by Gasteiger charge is 2.05. The zero-order valence-electron chi connectivity index (χ0n) is 12.1. The van der Waals surface area contributed by atoms with Gasteiger partial charge in [0, 0.05) is 24.1 Å². The van der Waals surface area contributed by atoms with Crippen molar-refractivity contribution in [1.29, 1.82) is 0 Å². The minimum atomic E-state index is 0.426. The Bertz CT molecular complexity index is 576. The standard InChI is InChI=1S/C14H19BrN4OS/c1-3-16-12-7-13(19-14(18-12)9-20-4-2)17-8-10-5-6-11(15)21-10/h5-7H,3-4,8-9H2,1-2H3,(H2,16,17,18,19). The van der Waals surface area contributed by atoms with Crippen LogP contribution >= 0.6 is 27.3 Å². The van der Waals surface area contributed by atoms with Gasteiger partial charge >= 0.3 is 0 Å². The van der Waals surface area contributed by atoms with Gasteiger partial charge in [0.05, 0.1) is 10.3 Å². The minimum Gasteiger partial charge on any atom is -0.374 e. The first-order valence-corrected chi connectivity index (χ1v) is 8.49. The first kappa shape index (κ1) is 16.2. The van der Waals surface area contributed by atoms with Crippen LogP contribution in [0.15, 0.2) is 22.0 Å². The van der Waals surface area contributed by atoms with Gasteiger partial charge in [0.1, 0.15) is 18.2 Å². The fourth-order valence-corrected chi connectivity index (χ4v) is 3.16. The highest BCUT2D eigenvalue weighted by atomic mass is 79.9. The Morgan fingerprint density at radius 3 is 2.57 bits per heavy atom. The lowest BCUT2D eigenvalue weighted by Crippen LogP contribution is -2.08. The Morgan fingerprint density at radius 2 is 1.95 bits per heavy atom. The molecule has 2 aromatic heterocycles. The van der Waals surface area contributed by atoms with Gasteiger partial charge in [-0.05, 0) is 41.9 Å². The summed E-state index contributed by atoms with van der Waals surface area (Å²) in [5.41, 5.74) is 0. The van der Waals surface area contributed by atoms with Crippen LogP contribution in [0.2, 0.25) is 0 Å². The van der Waals surface area contributed by atoms with E-state index in [1.807, 2.05) is 26.0 Å². The number of rotatable bonds is 8. The number of nitrogens with one attached hydrogen (secondary N) is 2. The Morgan fingerprint density at radius 1 is 1.19 bits per heavy atom. The molecule has 0 aliphatic rings. The summed E-state index contributed by atoms with van der Waals surface area (Å²) in [5.74, 6) is 2.31. The topological polar surface area (TPSA) is 59.1 Å². The van der Waals surface area contributed by atoms with Gasteiger partial charge in [-0.2, -0.15) is 0 Å². The number of hydrogen-bond acceptors (Lipinski definition) is 6. The Balaban J connectivity index is 2.07. The van der Waals surface area contributed by atoms with E-state index in [0.717, 1.165) is 28.5 Å². The normalized spacial score (nSPS) is 10.6. The molecule has 0 unspecified atom stereocenters. The van der Waals surface area contributed by atoms with Crippen molar-refractivity contribution in [2.75, 3.05) is 23.8 Å². The molecule has 0 aliphatic carbocycles. The van der Waals surface area contributed by atoms with Crippen molar-refractivity contribution < 1.29 is 4.74 Å². The second-order valence-electron chi connectivity index (χ2n) is 4.28. The molecule has 2 N–H and O–H groups in total.